The third kappa shape index (κ3) is 4.34. The first kappa shape index (κ1) is 18.6. The molecule has 1 aromatic carbocycles. The fraction of sp³-hybridized carbons (Fsp3) is 0.235. The van der Waals surface area contributed by atoms with Crippen LogP contribution in [0.15, 0.2) is 36.5 Å². The number of nitrogens with one attached hydrogen (secondary N) is 2. The fourth-order valence-electron chi connectivity index (χ4n) is 2.29. The van der Waals surface area contributed by atoms with E-state index >= 15 is 0 Å². The summed E-state index contributed by atoms with van der Waals surface area (Å²) < 4.78 is 37.1. The Morgan fingerprint density at radius 1 is 1.04 bits per heavy atom. The summed E-state index contributed by atoms with van der Waals surface area (Å²) in [6.45, 7) is 1.54. The van der Waals surface area contributed by atoms with E-state index in [-0.39, 0.29) is 17.4 Å². The molecule has 3 aromatic rings. The Morgan fingerprint density at radius 2 is 1.74 bits per heavy atom. The van der Waals surface area contributed by atoms with Gasteiger partial charge in [0.05, 0.1) is 20.0 Å². The van der Waals surface area contributed by atoms with E-state index in [0.717, 1.165) is 0 Å². The lowest BCUT2D eigenvalue weighted by molar-refractivity contribution is 0.395. The van der Waals surface area contributed by atoms with E-state index in [2.05, 4.69) is 25.0 Å². The first-order chi connectivity index (χ1) is 12.9. The Hall–Kier alpha value is -3.14. The molecular formula is C17H19N5O4S. The molecule has 0 unspecified atom stereocenters. The van der Waals surface area contributed by atoms with Crippen molar-refractivity contribution in [1.29, 1.82) is 0 Å². The third-order valence-corrected chi connectivity index (χ3v) is 4.95. The number of nitrogens with zero attached hydrogens (tertiary/aromatic N) is 3. The molecule has 0 saturated carbocycles. The summed E-state index contributed by atoms with van der Waals surface area (Å²) in [6.07, 6.45) is 1.59. The van der Waals surface area contributed by atoms with Gasteiger partial charge in [-0.25, -0.2) is 23.4 Å². The van der Waals surface area contributed by atoms with Crippen LogP contribution in [0.4, 0.5) is 17.3 Å². The Kier molecular flexibility index (Phi) is 5.26. The average Bonchev–Trinajstić information content (AvgIpc) is 2.67. The van der Waals surface area contributed by atoms with E-state index in [0.29, 0.717) is 28.4 Å². The predicted octanol–water partition coefficient (Wildman–Crippen LogP) is 2.55. The van der Waals surface area contributed by atoms with Gasteiger partial charge in [0.1, 0.15) is 17.0 Å². The number of ether oxygens (including phenoxy) is 2. The van der Waals surface area contributed by atoms with Crippen molar-refractivity contribution in [2.75, 3.05) is 30.0 Å². The minimum atomic E-state index is -3.54. The van der Waals surface area contributed by atoms with E-state index in [1.807, 2.05) is 0 Å². The number of hydrogen-bond donors (Lipinski definition) is 2. The van der Waals surface area contributed by atoms with Crippen molar-refractivity contribution in [2.24, 2.45) is 0 Å². The van der Waals surface area contributed by atoms with E-state index in [1.54, 1.807) is 57.7 Å². The van der Waals surface area contributed by atoms with Gasteiger partial charge < -0.3 is 14.8 Å². The Labute approximate surface area is 156 Å². The minimum Gasteiger partial charge on any atom is -0.497 e. The van der Waals surface area contributed by atoms with E-state index in [1.165, 1.54) is 0 Å². The average molecular weight is 389 g/mol. The van der Waals surface area contributed by atoms with Gasteiger partial charge in [0, 0.05) is 30.1 Å². The van der Waals surface area contributed by atoms with Gasteiger partial charge in [-0.1, -0.05) is 0 Å². The SMILES string of the molecule is CCS(=O)(=O)Nc1nc2cccnc2nc1Nc1cc(OC)cc(OC)c1. The van der Waals surface area contributed by atoms with Crippen molar-refractivity contribution < 1.29 is 17.9 Å². The number of sulfonamides is 1. The molecule has 0 fully saturated rings. The number of methoxy groups -OCH3 is 2. The standard InChI is InChI=1S/C17H19N5O4S/c1-4-27(23,24)22-17-16(21-15-14(20-17)6-5-7-18-15)19-11-8-12(25-2)10-13(9-11)26-3/h5-10H,4H2,1-3H3,(H,20,22)(H,18,19,21). The van der Waals surface area contributed by atoms with Crippen molar-refractivity contribution >= 4 is 38.5 Å². The molecule has 0 aliphatic rings. The third-order valence-electron chi connectivity index (χ3n) is 3.69. The summed E-state index contributed by atoms with van der Waals surface area (Å²) in [5, 5.41) is 3.06. The van der Waals surface area contributed by atoms with Crippen LogP contribution in [0.3, 0.4) is 0 Å². The van der Waals surface area contributed by atoms with Crippen LogP contribution < -0.4 is 19.5 Å². The van der Waals surface area contributed by atoms with Gasteiger partial charge in [-0.15, -0.1) is 0 Å². The zero-order valence-corrected chi connectivity index (χ0v) is 15.9. The fourth-order valence-corrected chi connectivity index (χ4v) is 2.87. The molecule has 2 heterocycles. The lowest BCUT2D eigenvalue weighted by Gasteiger charge is -2.14. The molecule has 27 heavy (non-hydrogen) atoms. The maximum absolute atomic E-state index is 12.0. The number of pyridine rings is 1. The highest BCUT2D eigenvalue weighted by Crippen LogP contribution is 2.30. The Morgan fingerprint density at radius 3 is 2.37 bits per heavy atom. The first-order valence-electron chi connectivity index (χ1n) is 8.07. The first-order valence-corrected chi connectivity index (χ1v) is 9.72. The van der Waals surface area contributed by atoms with Gasteiger partial charge in [0.15, 0.2) is 17.3 Å². The smallest absolute Gasteiger partial charge is 0.233 e. The Bertz CT molecular complexity index is 1050. The van der Waals surface area contributed by atoms with Crippen LogP contribution in [0.2, 0.25) is 0 Å². The zero-order chi connectivity index (χ0) is 19.4. The van der Waals surface area contributed by atoms with Gasteiger partial charge in [-0.05, 0) is 19.1 Å². The largest absolute Gasteiger partial charge is 0.497 e. The Balaban J connectivity index is 2.09. The molecule has 0 bridgehead atoms. The van der Waals surface area contributed by atoms with Crippen LogP contribution in [0.1, 0.15) is 6.92 Å². The molecule has 2 N–H and O–H groups in total. The quantitative estimate of drug-likeness (QED) is 0.633. The molecule has 0 aliphatic heterocycles. The highest BCUT2D eigenvalue weighted by atomic mass is 32.2. The predicted molar refractivity (Wildman–Crippen MR) is 103 cm³/mol. The highest BCUT2D eigenvalue weighted by molar-refractivity contribution is 7.92. The summed E-state index contributed by atoms with van der Waals surface area (Å²) in [5.41, 5.74) is 1.45. The van der Waals surface area contributed by atoms with Gasteiger partial charge in [0.25, 0.3) is 0 Å². The van der Waals surface area contributed by atoms with Crippen molar-refractivity contribution in [3.63, 3.8) is 0 Å². The molecule has 2 aromatic heterocycles. The number of anilines is 3. The van der Waals surface area contributed by atoms with Gasteiger partial charge in [-0.2, -0.15) is 0 Å². The van der Waals surface area contributed by atoms with Crippen LogP contribution in [0, 0.1) is 0 Å². The van der Waals surface area contributed by atoms with Crippen molar-refractivity contribution in [3.05, 3.63) is 36.5 Å². The monoisotopic (exact) mass is 389 g/mol. The highest BCUT2D eigenvalue weighted by Gasteiger charge is 2.16. The number of hydrogen-bond acceptors (Lipinski definition) is 8. The van der Waals surface area contributed by atoms with Crippen LogP contribution in [-0.2, 0) is 10.0 Å². The second-order valence-corrected chi connectivity index (χ2v) is 7.51. The maximum Gasteiger partial charge on any atom is 0.233 e. The summed E-state index contributed by atoms with van der Waals surface area (Å²) in [5.74, 6) is 1.35. The van der Waals surface area contributed by atoms with Gasteiger partial charge in [0.2, 0.25) is 10.0 Å². The van der Waals surface area contributed by atoms with E-state index < -0.39 is 10.0 Å². The number of fused-ring (bicyclic) bond motifs is 1. The summed E-state index contributed by atoms with van der Waals surface area (Å²) in [6, 6.07) is 8.59. The molecule has 0 amide bonds. The second-order valence-electron chi connectivity index (χ2n) is 5.50. The van der Waals surface area contributed by atoms with E-state index in [4.69, 9.17) is 9.47 Å². The second kappa shape index (κ2) is 7.62. The molecule has 0 radical (unpaired) electrons. The number of aromatic nitrogens is 3. The summed E-state index contributed by atoms with van der Waals surface area (Å²) >= 11 is 0. The van der Waals surface area contributed by atoms with Crippen molar-refractivity contribution in [3.8, 4) is 11.5 Å². The molecule has 0 saturated heterocycles. The van der Waals surface area contributed by atoms with Crippen LogP contribution in [-0.4, -0.2) is 43.3 Å². The lowest BCUT2D eigenvalue weighted by atomic mass is 10.2. The number of benzene rings is 1. The molecule has 0 atom stereocenters. The summed E-state index contributed by atoms with van der Waals surface area (Å²) in [4.78, 5) is 12.9. The molecule has 0 aliphatic carbocycles. The minimum absolute atomic E-state index is 0.0825. The number of rotatable bonds is 7. The molecule has 0 spiro atoms. The van der Waals surface area contributed by atoms with Crippen molar-refractivity contribution in [2.45, 2.75) is 6.92 Å². The topological polar surface area (TPSA) is 115 Å². The van der Waals surface area contributed by atoms with Crippen LogP contribution >= 0.6 is 0 Å². The van der Waals surface area contributed by atoms with Crippen molar-refractivity contribution in [1.82, 2.24) is 15.0 Å². The normalized spacial score (nSPS) is 11.2. The lowest BCUT2D eigenvalue weighted by Crippen LogP contribution is -2.17. The molecule has 9 nitrogen and oxygen atoms in total. The zero-order valence-electron chi connectivity index (χ0n) is 15.1. The van der Waals surface area contributed by atoms with Gasteiger partial charge in [-0.3, -0.25) is 4.72 Å². The molecule has 142 valence electrons. The van der Waals surface area contributed by atoms with Crippen LogP contribution in [0.5, 0.6) is 11.5 Å². The van der Waals surface area contributed by atoms with E-state index in [9.17, 15) is 8.42 Å². The maximum atomic E-state index is 12.0. The molecule has 10 heteroatoms. The van der Waals surface area contributed by atoms with Gasteiger partial charge >= 0.3 is 0 Å². The summed E-state index contributed by atoms with van der Waals surface area (Å²) in [7, 11) is -0.462. The molecular weight excluding hydrogens is 370 g/mol. The van der Waals surface area contributed by atoms with Crippen LogP contribution in [0.25, 0.3) is 11.2 Å². The molecule has 3 rings (SSSR count).